The number of methoxy groups -OCH3 is 2. The molecule has 18 heavy (non-hydrogen) atoms. The van der Waals surface area contributed by atoms with Crippen LogP contribution in [0.1, 0.15) is 5.56 Å². The summed E-state index contributed by atoms with van der Waals surface area (Å²) in [5, 5.41) is 3.25. The molecule has 0 bridgehead atoms. The van der Waals surface area contributed by atoms with E-state index >= 15 is 0 Å². The van der Waals surface area contributed by atoms with E-state index in [0.29, 0.717) is 19.8 Å². The van der Waals surface area contributed by atoms with Crippen LogP contribution in [0.3, 0.4) is 0 Å². The maximum Gasteiger partial charge on any atom is 0.165 e. The summed E-state index contributed by atoms with van der Waals surface area (Å²) in [7, 11) is 3.29. The minimum Gasteiger partial charge on any atom is -0.493 e. The summed E-state index contributed by atoms with van der Waals surface area (Å²) in [4.78, 5) is 0. The van der Waals surface area contributed by atoms with Gasteiger partial charge in [0.2, 0.25) is 0 Å². The van der Waals surface area contributed by atoms with Crippen LogP contribution in [-0.4, -0.2) is 34.0 Å². The van der Waals surface area contributed by atoms with Crippen molar-refractivity contribution < 1.29 is 14.2 Å². The molecule has 1 aromatic carbocycles. The molecule has 0 radical (unpaired) electrons. The van der Waals surface area contributed by atoms with Crippen molar-refractivity contribution in [1.29, 1.82) is 0 Å². The SMILES string of the molecule is C=CCNCc1cccc(OC)c1OCCOC. The first-order valence-corrected chi connectivity index (χ1v) is 5.92. The topological polar surface area (TPSA) is 39.7 Å². The quantitative estimate of drug-likeness (QED) is 0.538. The fourth-order valence-corrected chi connectivity index (χ4v) is 1.56. The van der Waals surface area contributed by atoms with Gasteiger partial charge in [-0.15, -0.1) is 6.58 Å². The Hall–Kier alpha value is -1.52. The first-order valence-electron chi connectivity index (χ1n) is 5.92. The van der Waals surface area contributed by atoms with Crippen molar-refractivity contribution in [2.75, 3.05) is 34.0 Å². The first-order chi connectivity index (χ1) is 8.83. The van der Waals surface area contributed by atoms with E-state index in [1.54, 1.807) is 14.2 Å². The number of rotatable bonds is 9. The molecule has 0 amide bonds. The highest BCUT2D eigenvalue weighted by molar-refractivity contribution is 5.46. The van der Waals surface area contributed by atoms with Gasteiger partial charge in [0.25, 0.3) is 0 Å². The van der Waals surface area contributed by atoms with Crippen molar-refractivity contribution in [1.82, 2.24) is 5.32 Å². The molecule has 0 aliphatic heterocycles. The monoisotopic (exact) mass is 251 g/mol. The molecule has 4 nitrogen and oxygen atoms in total. The second kappa shape index (κ2) is 8.55. The van der Waals surface area contributed by atoms with Gasteiger partial charge in [-0.1, -0.05) is 18.2 Å². The van der Waals surface area contributed by atoms with Crippen molar-refractivity contribution >= 4 is 0 Å². The zero-order chi connectivity index (χ0) is 13.2. The lowest BCUT2D eigenvalue weighted by molar-refractivity contribution is 0.143. The fourth-order valence-electron chi connectivity index (χ4n) is 1.56. The zero-order valence-corrected chi connectivity index (χ0v) is 11.1. The second-order valence-electron chi connectivity index (χ2n) is 3.71. The molecule has 0 aliphatic rings. The molecule has 0 fully saturated rings. The van der Waals surface area contributed by atoms with Crippen LogP contribution in [0.25, 0.3) is 0 Å². The van der Waals surface area contributed by atoms with Gasteiger partial charge in [0, 0.05) is 25.8 Å². The maximum atomic E-state index is 5.71. The van der Waals surface area contributed by atoms with E-state index in [9.17, 15) is 0 Å². The number of para-hydroxylation sites is 1. The third-order valence-corrected chi connectivity index (χ3v) is 2.42. The lowest BCUT2D eigenvalue weighted by atomic mass is 10.2. The Bertz CT molecular complexity index is 366. The normalized spacial score (nSPS) is 10.1. The molecule has 0 unspecified atom stereocenters. The van der Waals surface area contributed by atoms with Crippen molar-refractivity contribution in [2.24, 2.45) is 0 Å². The minimum atomic E-state index is 0.505. The molecule has 0 aliphatic carbocycles. The van der Waals surface area contributed by atoms with Crippen LogP contribution in [0.4, 0.5) is 0 Å². The van der Waals surface area contributed by atoms with E-state index in [1.165, 1.54) is 0 Å². The number of hydrogen-bond acceptors (Lipinski definition) is 4. The number of ether oxygens (including phenoxy) is 3. The Morgan fingerprint density at radius 1 is 1.28 bits per heavy atom. The summed E-state index contributed by atoms with van der Waals surface area (Å²) in [6, 6.07) is 5.85. The zero-order valence-electron chi connectivity index (χ0n) is 11.1. The largest absolute Gasteiger partial charge is 0.493 e. The minimum absolute atomic E-state index is 0.505. The van der Waals surface area contributed by atoms with E-state index < -0.39 is 0 Å². The molecular formula is C14H21NO3. The van der Waals surface area contributed by atoms with Crippen LogP contribution in [0.5, 0.6) is 11.5 Å². The third kappa shape index (κ3) is 4.39. The Labute approximate surface area is 109 Å². The summed E-state index contributed by atoms with van der Waals surface area (Å²) in [6.45, 7) is 6.20. The number of nitrogens with one attached hydrogen (secondary N) is 1. The van der Waals surface area contributed by atoms with E-state index in [1.807, 2.05) is 24.3 Å². The number of hydrogen-bond donors (Lipinski definition) is 1. The maximum absolute atomic E-state index is 5.71. The van der Waals surface area contributed by atoms with Gasteiger partial charge >= 0.3 is 0 Å². The summed E-state index contributed by atoms with van der Waals surface area (Å²) in [5.74, 6) is 1.51. The summed E-state index contributed by atoms with van der Waals surface area (Å²) in [5.41, 5.74) is 1.06. The van der Waals surface area contributed by atoms with Crippen LogP contribution in [0, 0.1) is 0 Å². The lowest BCUT2D eigenvalue weighted by Crippen LogP contribution is -2.15. The van der Waals surface area contributed by atoms with Crippen molar-refractivity contribution in [3.05, 3.63) is 36.4 Å². The fraction of sp³-hybridized carbons (Fsp3) is 0.429. The van der Waals surface area contributed by atoms with Gasteiger partial charge in [-0.25, -0.2) is 0 Å². The standard InChI is InChI=1S/C14H21NO3/c1-4-8-15-11-12-6-5-7-13(17-3)14(12)18-10-9-16-2/h4-7,15H,1,8-11H2,2-3H3. The molecule has 100 valence electrons. The van der Waals surface area contributed by atoms with Crippen molar-refractivity contribution in [2.45, 2.75) is 6.54 Å². The van der Waals surface area contributed by atoms with Gasteiger partial charge in [0.15, 0.2) is 11.5 Å². The van der Waals surface area contributed by atoms with Gasteiger partial charge in [-0.3, -0.25) is 0 Å². The highest BCUT2D eigenvalue weighted by Gasteiger charge is 2.09. The van der Waals surface area contributed by atoms with E-state index in [0.717, 1.165) is 23.6 Å². The summed E-state index contributed by atoms with van der Waals surface area (Å²) < 4.78 is 16.0. The molecule has 1 aromatic rings. The van der Waals surface area contributed by atoms with Gasteiger partial charge < -0.3 is 19.5 Å². The molecule has 0 aromatic heterocycles. The third-order valence-electron chi connectivity index (χ3n) is 2.42. The summed E-state index contributed by atoms with van der Waals surface area (Å²) in [6.07, 6.45) is 1.83. The average molecular weight is 251 g/mol. The van der Waals surface area contributed by atoms with Crippen LogP contribution in [0.15, 0.2) is 30.9 Å². The molecule has 0 spiro atoms. The van der Waals surface area contributed by atoms with Crippen molar-refractivity contribution in [3.63, 3.8) is 0 Å². The molecule has 1 rings (SSSR count). The Morgan fingerprint density at radius 3 is 2.78 bits per heavy atom. The predicted molar refractivity (Wildman–Crippen MR) is 72.3 cm³/mol. The number of benzene rings is 1. The van der Waals surface area contributed by atoms with Crippen molar-refractivity contribution in [3.8, 4) is 11.5 Å². The average Bonchev–Trinajstić information content (AvgIpc) is 2.40. The lowest BCUT2D eigenvalue weighted by Gasteiger charge is -2.15. The first kappa shape index (κ1) is 14.5. The highest BCUT2D eigenvalue weighted by atomic mass is 16.5. The molecule has 0 atom stereocenters. The van der Waals surface area contributed by atoms with Crippen LogP contribution < -0.4 is 14.8 Å². The molecule has 0 saturated heterocycles. The Kier molecular flexibility index (Phi) is 6.91. The van der Waals surface area contributed by atoms with Gasteiger partial charge in [-0.05, 0) is 6.07 Å². The van der Waals surface area contributed by atoms with Gasteiger partial charge in [0.05, 0.1) is 13.7 Å². The van der Waals surface area contributed by atoms with E-state index in [2.05, 4.69) is 11.9 Å². The van der Waals surface area contributed by atoms with Crippen LogP contribution >= 0.6 is 0 Å². The smallest absolute Gasteiger partial charge is 0.165 e. The molecule has 0 saturated carbocycles. The molecule has 4 heteroatoms. The molecule has 0 heterocycles. The second-order valence-corrected chi connectivity index (χ2v) is 3.71. The molecule has 1 N–H and O–H groups in total. The summed E-state index contributed by atoms with van der Waals surface area (Å²) >= 11 is 0. The van der Waals surface area contributed by atoms with Crippen LogP contribution in [0.2, 0.25) is 0 Å². The van der Waals surface area contributed by atoms with E-state index in [-0.39, 0.29) is 0 Å². The van der Waals surface area contributed by atoms with Crippen LogP contribution in [-0.2, 0) is 11.3 Å². The highest BCUT2D eigenvalue weighted by Crippen LogP contribution is 2.30. The Morgan fingerprint density at radius 2 is 2.11 bits per heavy atom. The van der Waals surface area contributed by atoms with Gasteiger partial charge in [-0.2, -0.15) is 0 Å². The van der Waals surface area contributed by atoms with Gasteiger partial charge in [0.1, 0.15) is 6.61 Å². The van der Waals surface area contributed by atoms with E-state index in [4.69, 9.17) is 14.2 Å². The molecular weight excluding hydrogens is 230 g/mol. The predicted octanol–water partition coefficient (Wildman–Crippen LogP) is 2.00. The Balaban J connectivity index is 2.75.